The molecule has 9 rings (SSSR count). The van der Waals surface area contributed by atoms with Crippen LogP contribution in [-0.4, -0.2) is 95.0 Å². The Balaban J connectivity index is 0.782. The van der Waals surface area contributed by atoms with Crippen molar-refractivity contribution in [2.45, 2.75) is 76.7 Å². The van der Waals surface area contributed by atoms with E-state index in [0.717, 1.165) is 75.4 Å². The standard InChI is InChI=1S/C44H51FN8O5/c1-25-32-13-14-50(21-26-11-15-51(16-12-26)29-7-5-28-23-53(44(57)34(28)18-29)37-8-10-40(54)49-43(37)56)22-27(32)6-9-39(25)58-31-17-30-20-48-42(47)38(52(30)24-31)19-36(46)33-3-2-4-35(45)41(33)55/h2-7,9,18-19,26,30-31,37,48,55H,8,10-17,20-24,46-47H2,1H3,(H,49,54,56)/b36-19-. The van der Waals surface area contributed by atoms with Crippen molar-refractivity contribution in [3.63, 3.8) is 0 Å². The van der Waals surface area contributed by atoms with E-state index in [4.69, 9.17) is 16.2 Å². The summed E-state index contributed by atoms with van der Waals surface area (Å²) in [6, 6.07) is 14.3. The molecule has 3 amide bonds. The van der Waals surface area contributed by atoms with Gasteiger partial charge in [0, 0.05) is 81.2 Å². The van der Waals surface area contributed by atoms with Gasteiger partial charge in [-0.05, 0) is 97.2 Å². The van der Waals surface area contributed by atoms with Crippen LogP contribution in [0.1, 0.15) is 70.3 Å². The number of ether oxygens (including phenoxy) is 1. The zero-order valence-electron chi connectivity index (χ0n) is 32.8. The first-order valence-electron chi connectivity index (χ1n) is 20.5. The van der Waals surface area contributed by atoms with Crippen LogP contribution < -0.4 is 31.7 Å². The van der Waals surface area contributed by atoms with E-state index < -0.39 is 17.6 Å². The summed E-state index contributed by atoms with van der Waals surface area (Å²) < 4.78 is 20.7. The van der Waals surface area contributed by atoms with Crippen molar-refractivity contribution in [1.29, 1.82) is 0 Å². The Morgan fingerprint density at radius 3 is 2.62 bits per heavy atom. The number of rotatable bonds is 8. The largest absolute Gasteiger partial charge is 0.504 e. The van der Waals surface area contributed by atoms with Gasteiger partial charge in [0.25, 0.3) is 5.91 Å². The lowest BCUT2D eigenvalue weighted by atomic mass is 9.91. The number of allylic oxidation sites excluding steroid dienone is 1. The molecule has 0 saturated carbocycles. The molecule has 6 aliphatic heterocycles. The maximum Gasteiger partial charge on any atom is 0.255 e. The zero-order chi connectivity index (χ0) is 40.2. The maximum atomic E-state index is 14.0. The Kier molecular flexibility index (Phi) is 9.91. The molecule has 0 bridgehead atoms. The van der Waals surface area contributed by atoms with E-state index in [2.05, 4.69) is 50.5 Å². The summed E-state index contributed by atoms with van der Waals surface area (Å²) in [5.41, 5.74) is 20.5. The molecular formula is C44H51FN8O5. The van der Waals surface area contributed by atoms with Gasteiger partial charge in [-0.25, -0.2) is 4.39 Å². The molecule has 304 valence electrons. The van der Waals surface area contributed by atoms with Gasteiger partial charge >= 0.3 is 0 Å². The lowest BCUT2D eigenvalue weighted by molar-refractivity contribution is -0.136. The fourth-order valence-corrected chi connectivity index (χ4v) is 9.87. The van der Waals surface area contributed by atoms with E-state index in [0.29, 0.717) is 49.1 Å². The number of phenolic OH excluding ortho intramolecular Hbond substituents is 1. The molecule has 0 aliphatic carbocycles. The van der Waals surface area contributed by atoms with Crippen LogP contribution in [-0.2, 0) is 29.1 Å². The van der Waals surface area contributed by atoms with Crippen LogP contribution in [0.3, 0.4) is 0 Å². The smallest absolute Gasteiger partial charge is 0.255 e. The first-order chi connectivity index (χ1) is 28.0. The van der Waals surface area contributed by atoms with Gasteiger partial charge < -0.3 is 41.3 Å². The Morgan fingerprint density at radius 2 is 1.81 bits per heavy atom. The molecule has 6 aliphatic rings. The predicted octanol–water partition coefficient (Wildman–Crippen LogP) is 3.43. The molecular weight excluding hydrogens is 740 g/mol. The topological polar surface area (TPSA) is 170 Å². The average Bonchev–Trinajstić information content (AvgIpc) is 3.78. The highest BCUT2D eigenvalue weighted by Crippen LogP contribution is 2.37. The number of phenols is 1. The number of carbonyl (C=O) groups excluding carboxylic acids is 3. The second-order valence-electron chi connectivity index (χ2n) is 16.7. The van der Waals surface area contributed by atoms with Crippen LogP contribution in [0.5, 0.6) is 11.5 Å². The minimum absolute atomic E-state index is 0.0579. The SMILES string of the molecule is Cc1c(OC2CC3CNC(N)=C(/C=C(\N)c4cccc(F)c4O)N3C2)ccc2c1CCN(CC1CCN(c3ccc4c(c3)C(=O)N(C3CCC(=O)NC3=O)C4)CC1)C2. The lowest BCUT2D eigenvalue weighted by Gasteiger charge is -2.38. The van der Waals surface area contributed by atoms with Crippen molar-refractivity contribution in [3.05, 3.63) is 105 Å². The lowest BCUT2D eigenvalue weighted by Crippen LogP contribution is -2.52. The number of amides is 3. The monoisotopic (exact) mass is 790 g/mol. The van der Waals surface area contributed by atoms with Gasteiger partial charge in [-0.1, -0.05) is 18.2 Å². The minimum atomic E-state index is -0.729. The third kappa shape index (κ3) is 7.07. The molecule has 6 heterocycles. The molecule has 3 aromatic carbocycles. The number of piperidine rings is 2. The Labute approximate surface area is 337 Å². The quantitative estimate of drug-likeness (QED) is 0.212. The molecule has 0 spiro atoms. The first kappa shape index (κ1) is 37.8. The molecule has 3 aromatic rings. The summed E-state index contributed by atoms with van der Waals surface area (Å²) in [7, 11) is 0. The number of fused-ring (bicyclic) bond motifs is 3. The number of hydrogen-bond donors (Lipinski definition) is 5. The van der Waals surface area contributed by atoms with E-state index in [9.17, 15) is 23.9 Å². The summed E-state index contributed by atoms with van der Waals surface area (Å²) in [6.07, 6.45) is 6.19. The average molecular weight is 791 g/mol. The van der Waals surface area contributed by atoms with Gasteiger partial charge in [-0.3, -0.25) is 24.6 Å². The number of aromatic hydroxyl groups is 1. The van der Waals surface area contributed by atoms with Crippen LogP contribution in [0.4, 0.5) is 10.1 Å². The van der Waals surface area contributed by atoms with Crippen LogP contribution in [0.15, 0.2) is 66.1 Å². The summed E-state index contributed by atoms with van der Waals surface area (Å²) in [6.45, 7) is 8.69. The van der Waals surface area contributed by atoms with Crippen molar-refractivity contribution < 1.29 is 28.6 Å². The van der Waals surface area contributed by atoms with Gasteiger partial charge in [0.2, 0.25) is 11.8 Å². The van der Waals surface area contributed by atoms with Gasteiger partial charge in [0.1, 0.15) is 23.7 Å². The van der Waals surface area contributed by atoms with Crippen molar-refractivity contribution in [2.75, 3.05) is 44.2 Å². The number of nitrogens with two attached hydrogens (primary N) is 2. The van der Waals surface area contributed by atoms with Crippen molar-refractivity contribution >= 4 is 29.1 Å². The number of hydrogen-bond acceptors (Lipinski definition) is 11. The highest BCUT2D eigenvalue weighted by atomic mass is 19.1. The van der Waals surface area contributed by atoms with E-state index >= 15 is 0 Å². The summed E-state index contributed by atoms with van der Waals surface area (Å²) >= 11 is 0. The van der Waals surface area contributed by atoms with Gasteiger partial charge in [0.15, 0.2) is 11.6 Å². The second kappa shape index (κ2) is 15.2. The van der Waals surface area contributed by atoms with Crippen molar-refractivity contribution in [3.8, 4) is 11.5 Å². The summed E-state index contributed by atoms with van der Waals surface area (Å²) in [4.78, 5) is 46.3. The normalized spacial score (nSPS) is 24.1. The number of benzene rings is 3. The number of halogens is 1. The van der Waals surface area contributed by atoms with Gasteiger partial charge in [-0.15, -0.1) is 0 Å². The fourth-order valence-electron chi connectivity index (χ4n) is 9.87. The molecule has 14 heteroatoms. The first-order valence-corrected chi connectivity index (χ1v) is 20.5. The molecule has 3 saturated heterocycles. The Bertz CT molecular complexity index is 2230. The van der Waals surface area contributed by atoms with Crippen LogP contribution in [0.2, 0.25) is 0 Å². The number of para-hydroxylation sites is 1. The number of nitrogens with one attached hydrogen (secondary N) is 2. The molecule has 3 fully saturated rings. The second-order valence-corrected chi connectivity index (χ2v) is 16.7. The van der Waals surface area contributed by atoms with Crippen molar-refractivity contribution in [2.24, 2.45) is 17.4 Å². The molecule has 3 unspecified atom stereocenters. The van der Waals surface area contributed by atoms with Crippen molar-refractivity contribution in [1.82, 2.24) is 25.3 Å². The zero-order valence-corrected chi connectivity index (χ0v) is 32.8. The van der Waals surface area contributed by atoms with Crippen LogP contribution in [0.25, 0.3) is 5.70 Å². The van der Waals surface area contributed by atoms with E-state index in [1.807, 2.05) is 12.1 Å². The van der Waals surface area contributed by atoms with Crippen LogP contribution >= 0.6 is 0 Å². The third-order valence-corrected chi connectivity index (χ3v) is 13.1. The van der Waals surface area contributed by atoms with E-state index in [1.165, 1.54) is 28.8 Å². The van der Waals surface area contributed by atoms with Gasteiger partial charge in [-0.2, -0.15) is 0 Å². The summed E-state index contributed by atoms with van der Waals surface area (Å²) in [5.74, 6) is -0.0302. The third-order valence-electron chi connectivity index (χ3n) is 13.1. The molecule has 7 N–H and O–H groups in total. The molecule has 0 radical (unpaired) electrons. The molecule has 58 heavy (non-hydrogen) atoms. The van der Waals surface area contributed by atoms with Crippen LogP contribution in [0, 0.1) is 18.7 Å². The molecule has 3 atom stereocenters. The number of carbonyl (C=O) groups is 3. The Morgan fingerprint density at radius 1 is 1.00 bits per heavy atom. The Hall–Kier alpha value is -5.76. The van der Waals surface area contributed by atoms with E-state index in [1.54, 1.807) is 17.0 Å². The fraction of sp³-hybridized carbons (Fsp3) is 0.432. The van der Waals surface area contributed by atoms with Gasteiger partial charge in [0.05, 0.1) is 18.3 Å². The minimum Gasteiger partial charge on any atom is -0.504 e. The van der Waals surface area contributed by atoms with E-state index in [-0.39, 0.29) is 47.5 Å². The maximum absolute atomic E-state index is 14.0. The predicted molar refractivity (Wildman–Crippen MR) is 217 cm³/mol. The number of imide groups is 1. The summed E-state index contributed by atoms with van der Waals surface area (Å²) in [5, 5.41) is 15.9. The number of nitrogens with zero attached hydrogens (tertiary/aromatic N) is 4. The highest BCUT2D eigenvalue weighted by Gasteiger charge is 2.40. The molecule has 13 nitrogen and oxygen atoms in total. The highest BCUT2D eigenvalue weighted by molar-refractivity contribution is 6.05. The molecule has 0 aromatic heterocycles. The number of anilines is 1.